The number of esters is 1. The van der Waals surface area contributed by atoms with E-state index in [0.29, 0.717) is 20.9 Å². The molecule has 0 bridgehead atoms. The fourth-order valence-electron chi connectivity index (χ4n) is 1.09. The van der Waals surface area contributed by atoms with E-state index < -0.39 is 0 Å². The number of benzene rings is 1. The summed E-state index contributed by atoms with van der Waals surface area (Å²) in [7, 11) is 1.31. The number of carbonyl (C=O) groups excluding carboxylic acids is 1. The van der Waals surface area contributed by atoms with Crippen LogP contribution >= 0.6 is 31.9 Å². The van der Waals surface area contributed by atoms with Crippen LogP contribution in [0.4, 0.5) is 4.39 Å². The predicted molar refractivity (Wildman–Crippen MR) is 62.5 cm³/mol. The molecule has 0 unspecified atom stereocenters. The van der Waals surface area contributed by atoms with Gasteiger partial charge in [0.05, 0.1) is 13.5 Å². The number of rotatable bonds is 3. The first-order chi connectivity index (χ1) is 7.08. The molecule has 0 radical (unpaired) electrons. The van der Waals surface area contributed by atoms with Crippen LogP contribution in [0.5, 0.6) is 0 Å². The molecule has 0 fully saturated rings. The van der Waals surface area contributed by atoms with Crippen molar-refractivity contribution in [1.29, 1.82) is 0 Å². The second-order valence-corrected chi connectivity index (χ2v) is 4.34. The zero-order chi connectivity index (χ0) is 11.4. The Labute approximate surface area is 104 Å². The summed E-state index contributed by atoms with van der Waals surface area (Å²) in [6.07, 6.45) is 0.0660. The van der Waals surface area contributed by atoms with Gasteiger partial charge in [-0.15, -0.1) is 0 Å². The van der Waals surface area contributed by atoms with Gasteiger partial charge in [-0.1, -0.05) is 31.9 Å². The van der Waals surface area contributed by atoms with Crippen molar-refractivity contribution in [2.75, 3.05) is 7.11 Å². The van der Waals surface area contributed by atoms with Gasteiger partial charge in [-0.2, -0.15) is 0 Å². The molecule has 0 N–H and O–H groups in total. The maximum atomic E-state index is 13.4. The summed E-state index contributed by atoms with van der Waals surface area (Å²) in [6.45, 7) is 0. The lowest BCUT2D eigenvalue weighted by molar-refractivity contribution is -0.139. The van der Waals surface area contributed by atoms with E-state index in [-0.39, 0.29) is 18.2 Å². The van der Waals surface area contributed by atoms with Crippen LogP contribution in [-0.2, 0) is 21.3 Å². The highest BCUT2D eigenvalue weighted by Crippen LogP contribution is 2.23. The van der Waals surface area contributed by atoms with Crippen LogP contribution in [0.25, 0.3) is 0 Å². The number of hydrogen-bond acceptors (Lipinski definition) is 2. The minimum absolute atomic E-state index is 0.0660. The van der Waals surface area contributed by atoms with E-state index in [9.17, 15) is 9.18 Å². The average Bonchev–Trinajstić information content (AvgIpc) is 2.22. The maximum absolute atomic E-state index is 13.4. The second-order valence-electron chi connectivity index (χ2n) is 2.92. The summed E-state index contributed by atoms with van der Waals surface area (Å²) in [5.74, 6) is -0.712. The van der Waals surface area contributed by atoms with Crippen molar-refractivity contribution in [3.63, 3.8) is 0 Å². The van der Waals surface area contributed by atoms with Crippen LogP contribution in [0.15, 0.2) is 16.6 Å². The van der Waals surface area contributed by atoms with Crippen molar-refractivity contribution in [1.82, 2.24) is 0 Å². The molecule has 1 aromatic rings. The Balaban J connectivity index is 3.00. The van der Waals surface area contributed by atoms with E-state index in [1.807, 2.05) is 0 Å². The molecule has 15 heavy (non-hydrogen) atoms. The Bertz CT molecular complexity index is 380. The highest BCUT2D eigenvalue weighted by atomic mass is 79.9. The third-order valence-corrected chi connectivity index (χ3v) is 3.26. The Morgan fingerprint density at radius 1 is 1.47 bits per heavy atom. The van der Waals surface area contributed by atoms with Crippen LogP contribution < -0.4 is 0 Å². The zero-order valence-electron chi connectivity index (χ0n) is 8.02. The minimum atomic E-state index is -0.387. The van der Waals surface area contributed by atoms with Crippen LogP contribution in [-0.4, -0.2) is 13.1 Å². The first-order valence-electron chi connectivity index (χ1n) is 4.18. The van der Waals surface area contributed by atoms with Gasteiger partial charge in [-0.05, 0) is 23.3 Å². The van der Waals surface area contributed by atoms with E-state index in [1.165, 1.54) is 13.2 Å². The smallest absolute Gasteiger partial charge is 0.310 e. The Hall–Kier alpha value is -0.420. The van der Waals surface area contributed by atoms with Crippen LogP contribution in [0.2, 0.25) is 0 Å². The topological polar surface area (TPSA) is 26.3 Å². The van der Waals surface area contributed by atoms with Gasteiger partial charge < -0.3 is 4.74 Å². The van der Waals surface area contributed by atoms with Gasteiger partial charge in [-0.25, -0.2) is 4.39 Å². The molecule has 1 aromatic carbocycles. The van der Waals surface area contributed by atoms with Crippen molar-refractivity contribution < 1.29 is 13.9 Å². The van der Waals surface area contributed by atoms with Gasteiger partial charge in [-0.3, -0.25) is 4.79 Å². The van der Waals surface area contributed by atoms with Crippen molar-refractivity contribution in [3.8, 4) is 0 Å². The largest absolute Gasteiger partial charge is 0.469 e. The fraction of sp³-hybridized carbons (Fsp3) is 0.300. The molecule has 5 heteroatoms. The Morgan fingerprint density at radius 2 is 2.13 bits per heavy atom. The summed E-state index contributed by atoms with van der Waals surface area (Å²) in [5.41, 5.74) is 1.14. The van der Waals surface area contributed by atoms with E-state index in [2.05, 4.69) is 36.6 Å². The summed E-state index contributed by atoms with van der Waals surface area (Å²) >= 11 is 6.46. The molecule has 0 saturated carbocycles. The minimum Gasteiger partial charge on any atom is -0.469 e. The molecule has 0 aliphatic carbocycles. The molecule has 1 rings (SSSR count). The predicted octanol–water partition coefficient (Wildman–Crippen LogP) is 3.20. The van der Waals surface area contributed by atoms with E-state index in [0.717, 1.165) is 0 Å². The van der Waals surface area contributed by atoms with E-state index in [4.69, 9.17) is 0 Å². The molecule has 82 valence electrons. The lowest BCUT2D eigenvalue weighted by Gasteiger charge is -2.06. The molecule has 0 aromatic heterocycles. The van der Waals surface area contributed by atoms with Gasteiger partial charge in [0.15, 0.2) is 0 Å². The molecule has 0 aliphatic rings. The van der Waals surface area contributed by atoms with Crippen LogP contribution in [0.1, 0.15) is 11.1 Å². The number of alkyl halides is 1. The Kier molecular flexibility index (Phi) is 4.73. The molecule has 2 nitrogen and oxygen atoms in total. The second kappa shape index (κ2) is 5.61. The standard InChI is InChI=1S/C10H9Br2FO2/c1-15-10(14)4-6-3-9(13)7(5-11)2-8(6)12/h2-3H,4-5H2,1H3. The van der Waals surface area contributed by atoms with E-state index >= 15 is 0 Å². The third-order valence-electron chi connectivity index (χ3n) is 1.92. The average molecular weight is 340 g/mol. The summed E-state index contributed by atoms with van der Waals surface area (Å²) in [4.78, 5) is 11.0. The van der Waals surface area contributed by atoms with Gasteiger partial charge in [0.1, 0.15) is 5.82 Å². The van der Waals surface area contributed by atoms with Gasteiger partial charge in [0, 0.05) is 9.80 Å². The lowest BCUT2D eigenvalue weighted by atomic mass is 10.1. The molecule has 0 amide bonds. The van der Waals surface area contributed by atoms with Gasteiger partial charge in [0.2, 0.25) is 0 Å². The van der Waals surface area contributed by atoms with Crippen molar-refractivity contribution in [3.05, 3.63) is 33.5 Å². The molecule has 0 aliphatic heterocycles. The number of hydrogen-bond donors (Lipinski definition) is 0. The normalized spacial score (nSPS) is 10.1. The van der Waals surface area contributed by atoms with Crippen molar-refractivity contribution in [2.45, 2.75) is 11.8 Å². The first-order valence-corrected chi connectivity index (χ1v) is 6.09. The van der Waals surface area contributed by atoms with Crippen molar-refractivity contribution in [2.24, 2.45) is 0 Å². The van der Waals surface area contributed by atoms with Crippen molar-refractivity contribution >= 4 is 37.8 Å². The molecule has 0 saturated heterocycles. The molecular formula is C10H9Br2FO2. The number of carbonyl (C=O) groups is 1. The van der Waals surface area contributed by atoms with E-state index in [1.54, 1.807) is 6.07 Å². The van der Waals surface area contributed by atoms with Crippen LogP contribution in [0.3, 0.4) is 0 Å². The third kappa shape index (κ3) is 3.28. The summed E-state index contributed by atoms with van der Waals surface area (Å²) < 4.78 is 18.6. The Morgan fingerprint density at radius 3 is 2.67 bits per heavy atom. The van der Waals surface area contributed by atoms with Crippen LogP contribution in [0, 0.1) is 5.82 Å². The quantitative estimate of drug-likeness (QED) is 0.624. The summed E-state index contributed by atoms with van der Waals surface area (Å²) in [5, 5.41) is 0.440. The maximum Gasteiger partial charge on any atom is 0.310 e. The monoisotopic (exact) mass is 338 g/mol. The molecule has 0 heterocycles. The van der Waals surface area contributed by atoms with Gasteiger partial charge in [0.25, 0.3) is 0 Å². The molecule has 0 spiro atoms. The molecular weight excluding hydrogens is 331 g/mol. The highest BCUT2D eigenvalue weighted by molar-refractivity contribution is 9.10. The number of halogens is 3. The summed E-state index contributed by atoms with van der Waals surface area (Å²) in [6, 6.07) is 3.00. The molecule has 0 atom stereocenters. The number of ether oxygens (including phenoxy) is 1. The first kappa shape index (κ1) is 12.6. The van der Waals surface area contributed by atoms with Gasteiger partial charge >= 0.3 is 5.97 Å². The highest BCUT2D eigenvalue weighted by Gasteiger charge is 2.11. The SMILES string of the molecule is COC(=O)Cc1cc(F)c(CBr)cc1Br. The lowest BCUT2D eigenvalue weighted by Crippen LogP contribution is -2.06. The zero-order valence-corrected chi connectivity index (χ0v) is 11.2. The number of methoxy groups -OCH3 is 1. The fourth-order valence-corrected chi connectivity index (χ4v) is 2.06.